The van der Waals surface area contributed by atoms with Gasteiger partial charge in [0.25, 0.3) is 0 Å². The van der Waals surface area contributed by atoms with Crippen LogP contribution in [0.25, 0.3) is 5.52 Å². The number of anilines is 1. The van der Waals surface area contributed by atoms with E-state index in [1.807, 2.05) is 6.92 Å². The van der Waals surface area contributed by atoms with Crippen LogP contribution in [0.2, 0.25) is 0 Å². The molecule has 51 heavy (non-hydrogen) atoms. The quantitative estimate of drug-likeness (QED) is 0.119. The maximum Gasteiger partial charge on any atom is 0.459 e. The van der Waals surface area contributed by atoms with Crippen molar-refractivity contribution in [3.63, 3.8) is 0 Å². The molecule has 17 heteroatoms. The molecule has 16 nitrogen and oxygen atoms in total. The lowest BCUT2D eigenvalue weighted by atomic mass is 9.87. The molecule has 2 aromatic heterocycles. The van der Waals surface area contributed by atoms with E-state index in [2.05, 4.69) is 35.1 Å². The Morgan fingerprint density at radius 3 is 2.49 bits per heavy atom. The number of carbonyl (C=O) groups excluding carboxylic acids is 3. The lowest BCUT2D eigenvalue weighted by Crippen LogP contribution is -2.51. The number of esters is 3. The van der Waals surface area contributed by atoms with Crippen molar-refractivity contribution >= 4 is 37.0 Å². The average Bonchev–Trinajstić information content (AvgIpc) is 3.36. The highest BCUT2D eigenvalue weighted by atomic mass is 31.2. The van der Waals surface area contributed by atoms with Gasteiger partial charge in [-0.1, -0.05) is 59.2 Å². The van der Waals surface area contributed by atoms with Crippen LogP contribution in [-0.2, 0) is 48.0 Å². The first-order valence-corrected chi connectivity index (χ1v) is 18.3. The SMILES string of the molecule is CCC(=O)O[C@@H]1[C@@]2(OC(=O)CC)C(OP(=O)(N[C@@H](C)C(=O)OCCC(C)(C)CC)Oc3ccccc3)[C@H]2O[C@@]1(C#N)c1ccc2c(N)ncnn12. The number of fused-ring (bicyclic) bond motifs is 2. The van der Waals surface area contributed by atoms with E-state index in [1.54, 1.807) is 38.1 Å². The molecule has 2 aliphatic rings. The summed E-state index contributed by atoms with van der Waals surface area (Å²) in [6, 6.07) is 12.1. The number of aromatic nitrogens is 3. The molecule has 0 radical (unpaired) electrons. The number of carbonyl (C=O) groups is 3. The molecule has 0 bridgehead atoms. The van der Waals surface area contributed by atoms with Gasteiger partial charge in [0.1, 0.15) is 41.9 Å². The second-order valence-electron chi connectivity index (χ2n) is 13.2. The van der Waals surface area contributed by atoms with Gasteiger partial charge in [-0.15, -0.1) is 0 Å². The molecular weight excluding hydrogens is 683 g/mol. The zero-order valence-electron chi connectivity index (χ0n) is 29.4. The molecule has 3 heterocycles. The van der Waals surface area contributed by atoms with Crippen molar-refractivity contribution in [2.24, 2.45) is 5.41 Å². The maximum absolute atomic E-state index is 14.6. The van der Waals surface area contributed by atoms with Crippen LogP contribution >= 0.6 is 7.75 Å². The second-order valence-corrected chi connectivity index (χ2v) is 14.8. The first kappa shape index (κ1) is 37.7. The number of para-hydroxylation sites is 1. The van der Waals surface area contributed by atoms with Crippen LogP contribution in [0.3, 0.4) is 0 Å². The van der Waals surface area contributed by atoms with E-state index in [4.69, 9.17) is 33.7 Å². The molecule has 274 valence electrons. The monoisotopic (exact) mass is 726 g/mol. The van der Waals surface area contributed by atoms with E-state index >= 15 is 0 Å². The van der Waals surface area contributed by atoms with Crippen LogP contribution < -0.4 is 15.3 Å². The third-order valence-corrected chi connectivity index (χ3v) is 10.9. The summed E-state index contributed by atoms with van der Waals surface area (Å²) in [6.07, 6.45) is -1.92. The Morgan fingerprint density at radius 2 is 1.84 bits per heavy atom. The lowest BCUT2D eigenvalue weighted by molar-refractivity contribution is -0.183. The van der Waals surface area contributed by atoms with Gasteiger partial charge in [-0.25, -0.2) is 14.1 Å². The lowest BCUT2D eigenvalue weighted by Gasteiger charge is -2.34. The number of benzene rings is 1. The Bertz CT molecular complexity index is 1860. The van der Waals surface area contributed by atoms with E-state index < -0.39 is 61.2 Å². The molecular formula is C34H43N6O10P. The van der Waals surface area contributed by atoms with E-state index in [0.717, 1.165) is 6.42 Å². The molecule has 1 aliphatic carbocycles. The fourth-order valence-corrected chi connectivity index (χ4v) is 7.47. The Morgan fingerprint density at radius 1 is 1.14 bits per heavy atom. The Labute approximate surface area is 295 Å². The summed E-state index contributed by atoms with van der Waals surface area (Å²) < 4.78 is 51.6. The van der Waals surface area contributed by atoms with Crippen molar-refractivity contribution in [2.75, 3.05) is 12.3 Å². The van der Waals surface area contributed by atoms with E-state index in [-0.39, 0.29) is 42.1 Å². The summed E-state index contributed by atoms with van der Waals surface area (Å²) in [7, 11) is -4.58. The van der Waals surface area contributed by atoms with Gasteiger partial charge in [0.2, 0.25) is 11.2 Å². The number of hydrogen-bond acceptors (Lipinski definition) is 14. The summed E-state index contributed by atoms with van der Waals surface area (Å²) in [5.41, 5.74) is 2.34. The number of ether oxygens (including phenoxy) is 4. The van der Waals surface area contributed by atoms with Crippen LogP contribution in [-0.4, -0.2) is 69.1 Å². The number of nitrogens with zero attached hydrogens (tertiary/aromatic N) is 4. The highest BCUT2D eigenvalue weighted by molar-refractivity contribution is 7.52. The molecule has 3 aromatic rings. The number of nitrogens with one attached hydrogen (secondary N) is 1. The molecule has 2 fully saturated rings. The van der Waals surface area contributed by atoms with Gasteiger partial charge in [0.15, 0.2) is 11.9 Å². The predicted molar refractivity (Wildman–Crippen MR) is 181 cm³/mol. The van der Waals surface area contributed by atoms with Crippen molar-refractivity contribution in [2.45, 2.75) is 103 Å². The minimum atomic E-state index is -4.58. The van der Waals surface area contributed by atoms with Crippen LogP contribution in [0.4, 0.5) is 5.82 Å². The Kier molecular flexibility index (Phi) is 10.8. The van der Waals surface area contributed by atoms with Crippen molar-refractivity contribution in [1.82, 2.24) is 19.7 Å². The fraction of sp³-hybridized carbons (Fsp3) is 0.529. The molecule has 1 saturated carbocycles. The summed E-state index contributed by atoms with van der Waals surface area (Å²) in [6.45, 7) is 10.8. The first-order chi connectivity index (χ1) is 24.2. The minimum absolute atomic E-state index is 0.0527. The highest BCUT2D eigenvalue weighted by Gasteiger charge is 2.88. The van der Waals surface area contributed by atoms with Crippen LogP contribution in [0, 0.1) is 16.7 Å². The fourth-order valence-electron chi connectivity index (χ4n) is 5.76. The summed E-state index contributed by atoms with van der Waals surface area (Å²) in [5, 5.41) is 17.6. The largest absolute Gasteiger partial charge is 0.465 e. The van der Waals surface area contributed by atoms with Gasteiger partial charge in [-0.3, -0.25) is 18.9 Å². The predicted octanol–water partition coefficient (Wildman–Crippen LogP) is 4.38. The number of nitrogen functional groups attached to an aromatic ring is 1. The molecule has 1 aliphatic heterocycles. The number of hydrogen-bond donors (Lipinski definition) is 2. The van der Waals surface area contributed by atoms with Crippen LogP contribution in [0.5, 0.6) is 5.75 Å². The van der Waals surface area contributed by atoms with E-state index in [0.29, 0.717) is 11.9 Å². The molecule has 7 atom stereocenters. The third-order valence-electron chi connectivity index (χ3n) is 9.20. The standard InChI is InChI=1S/C34H43N6O10P/c1-7-25(41)46-31-33(19-35,24-16-15-23-29(36)37-20-38-40(23)24)48-27-28(34(27,31)47-26(42)8-2)50-51(44,49-22-13-11-10-12-14-22)39-21(4)30(43)45-18-17-32(5,6)9-3/h10-16,20-21,27-28,31H,7-9,17-18H2,1-6H3,(H,39,44)(H2,36,37,38)/t21-,27+,28?,31-,33-,34-,51?/m0/s1. The van der Waals surface area contributed by atoms with E-state index in [9.17, 15) is 24.2 Å². The maximum atomic E-state index is 14.6. The zero-order valence-corrected chi connectivity index (χ0v) is 30.3. The summed E-state index contributed by atoms with van der Waals surface area (Å²) >= 11 is 0. The number of rotatable bonds is 16. The molecule has 3 N–H and O–H groups in total. The van der Waals surface area contributed by atoms with Gasteiger partial charge in [-0.05, 0) is 43.0 Å². The first-order valence-electron chi connectivity index (χ1n) is 16.8. The summed E-state index contributed by atoms with van der Waals surface area (Å²) in [4.78, 5) is 43.0. The van der Waals surface area contributed by atoms with Gasteiger partial charge >= 0.3 is 25.7 Å². The molecule has 0 spiro atoms. The molecule has 1 saturated heterocycles. The minimum Gasteiger partial charge on any atom is -0.465 e. The Hall–Kier alpha value is -4.55. The van der Waals surface area contributed by atoms with Crippen molar-refractivity contribution in [3.8, 4) is 11.8 Å². The van der Waals surface area contributed by atoms with Crippen molar-refractivity contribution in [3.05, 3.63) is 54.5 Å². The van der Waals surface area contributed by atoms with Crippen molar-refractivity contribution < 1.29 is 46.9 Å². The van der Waals surface area contributed by atoms with Gasteiger partial charge < -0.3 is 29.2 Å². The second kappa shape index (κ2) is 14.6. The molecule has 5 rings (SSSR count). The summed E-state index contributed by atoms with van der Waals surface area (Å²) in [5.74, 6) is -1.97. The average molecular weight is 727 g/mol. The third kappa shape index (κ3) is 7.30. The van der Waals surface area contributed by atoms with Crippen LogP contribution in [0.15, 0.2) is 48.8 Å². The number of nitriles is 1. The topological polar surface area (TPSA) is 216 Å². The Balaban J connectivity index is 1.52. The van der Waals surface area contributed by atoms with Gasteiger partial charge in [0, 0.05) is 12.8 Å². The van der Waals surface area contributed by atoms with Gasteiger partial charge in [0.05, 0.1) is 12.3 Å². The smallest absolute Gasteiger partial charge is 0.459 e. The van der Waals surface area contributed by atoms with Crippen LogP contribution in [0.1, 0.15) is 72.9 Å². The molecule has 0 amide bonds. The zero-order chi connectivity index (χ0) is 37.2. The molecule has 1 aromatic carbocycles. The highest BCUT2D eigenvalue weighted by Crippen LogP contribution is 2.66. The normalized spacial score (nSPS) is 25.5. The van der Waals surface area contributed by atoms with Gasteiger partial charge in [-0.2, -0.15) is 15.4 Å². The van der Waals surface area contributed by atoms with E-state index in [1.165, 1.54) is 36.0 Å². The molecule has 2 unspecified atom stereocenters. The number of nitrogens with two attached hydrogens (primary N) is 1. The van der Waals surface area contributed by atoms with Crippen molar-refractivity contribution in [1.29, 1.82) is 5.26 Å².